The quantitative estimate of drug-likeness (QED) is 0.814. The van der Waals surface area contributed by atoms with Crippen molar-refractivity contribution >= 4 is 34.8 Å². The summed E-state index contributed by atoms with van der Waals surface area (Å²) in [5.41, 5.74) is 1.85. The highest BCUT2D eigenvalue weighted by molar-refractivity contribution is 6.35. The fraction of sp³-hybridized carbons (Fsp3) is 0.400. The summed E-state index contributed by atoms with van der Waals surface area (Å²) >= 11 is 18.7. The van der Waals surface area contributed by atoms with E-state index in [2.05, 4.69) is 24.3 Å². The van der Waals surface area contributed by atoms with Gasteiger partial charge < -0.3 is 5.32 Å². The largest absolute Gasteiger partial charge is 0.305 e. The molecule has 0 saturated carbocycles. The van der Waals surface area contributed by atoms with Crippen LogP contribution in [-0.2, 0) is 0 Å². The molecule has 1 aromatic heterocycles. The second kappa shape index (κ2) is 7.01. The van der Waals surface area contributed by atoms with Crippen molar-refractivity contribution in [1.82, 2.24) is 15.1 Å². The Morgan fingerprint density at radius 3 is 2.48 bits per heavy atom. The van der Waals surface area contributed by atoms with Crippen molar-refractivity contribution in [2.75, 3.05) is 6.54 Å². The first-order valence-corrected chi connectivity index (χ1v) is 8.00. The summed E-state index contributed by atoms with van der Waals surface area (Å²) in [6.45, 7) is 6.96. The number of aromatic nitrogens is 2. The van der Waals surface area contributed by atoms with Crippen molar-refractivity contribution in [3.05, 3.63) is 50.7 Å². The first kappa shape index (κ1) is 16.6. The zero-order valence-corrected chi connectivity index (χ0v) is 14.5. The highest BCUT2D eigenvalue weighted by Crippen LogP contribution is 2.34. The standard InChI is InChI=1S/C15H18Cl3N3/c1-4-19-14(11-6-5-10(16)7-12(11)17)15-13(18)8-20-21(15)9(2)3/h5-9,14,19H,4H2,1-3H3. The highest BCUT2D eigenvalue weighted by atomic mass is 35.5. The first-order chi connectivity index (χ1) is 9.95. The van der Waals surface area contributed by atoms with Crippen LogP contribution >= 0.6 is 34.8 Å². The summed E-state index contributed by atoms with van der Waals surface area (Å²) in [4.78, 5) is 0. The van der Waals surface area contributed by atoms with Gasteiger partial charge in [-0.15, -0.1) is 0 Å². The lowest BCUT2D eigenvalue weighted by Gasteiger charge is -2.23. The number of nitrogens with zero attached hydrogens (tertiary/aromatic N) is 2. The van der Waals surface area contributed by atoms with Gasteiger partial charge in [0.05, 0.1) is 23.0 Å². The third-order valence-electron chi connectivity index (χ3n) is 3.23. The van der Waals surface area contributed by atoms with E-state index in [-0.39, 0.29) is 12.1 Å². The normalized spacial score (nSPS) is 12.9. The number of nitrogens with one attached hydrogen (secondary N) is 1. The van der Waals surface area contributed by atoms with E-state index in [1.165, 1.54) is 0 Å². The van der Waals surface area contributed by atoms with Gasteiger partial charge in [0, 0.05) is 16.1 Å². The summed E-state index contributed by atoms with van der Waals surface area (Å²) in [5, 5.41) is 9.64. The number of benzene rings is 1. The van der Waals surface area contributed by atoms with Crippen LogP contribution in [0.4, 0.5) is 0 Å². The van der Waals surface area contributed by atoms with E-state index in [9.17, 15) is 0 Å². The Balaban J connectivity index is 2.56. The Morgan fingerprint density at radius 2 is 1.90 bits per heavy atom. The fourth-order valence-corrected chi connectivity index (χ4v) is 3.08. The average molecular weight is 347 g/mol. The van der Waals surface area contributed by atoms with Crippen LogP contribution in [0.1, 0.15) is 44.1 Å². The molecule has 0 aliphatic heterocycles. The van der Waals surface area contributed by atoms with Gasteiger partial charge in [-0.05, 0) is 38.1 Å². The minimum absolute atomic E-state index is 0.128. The molecule has 0 bridgehead atoms. The molecule has 0 amide bonds. The predicted octanol–water partition coefficient (Wildman–Crippen LogP) is 5.12. The third-order valence-corrected chi connectivity index (χ3v) is 4.08. The van der Waals surface area contributed by atoms with Gasteiger partial charge in [-0.25, -0.2) is 0 Å². The minimum Gasteiger partial charge on any atom is -0.305 e. The highest BCUT2D eigenvalue weighted by Gasteiger charge is 2.24. The van der Waals surface area contributed by atoms with Crippen LogP contribution in [0.5, 0.6) is 0 Å². The van der Waals surface area contributed by atoms with Crippen LogP contribution in [0.3, 0.4) is 0 Å². The van der Waals surface area contributed by atoms with Crippen LogP contribution in [0, 0.1) is 0 Å². The minimum atomic E-state index is -0.128. The van der Waals surface area contributed by atoms with E-state index in [1.54, 1.807) is 12.3 Å². The SMILES string of the molecule is CCNC(c1ccc(Cl)cc1Cl)c1c(Cl)cnn1C(C)C. The lowest BCUT2D eigenvalue weighted by atomic mass is 10.0. The molecule has 1 unspecified atom stereocenters. The van der Waals surface area contributed by atoms with Gasteiger partial charge in [0.1, 0.15) is 0 Å². The molecule has 114 valence electrons. The molecule has 21 heavy (non-hydrogen) atoms. The lowest BCUT2D eigenvalue weighted by Crippen LogP contribution is -2.26. The molecule has 0 saturated heterocycles. The van der Waals surface area contributed by atoms with Crippen LogP contribution in [0.15, 0.2) is 24.4 Å². The second-order valence-electron chi connectivity index (χ2n) is 5.07. The second-order valence-corrected chi connectivity index (χ2v) is 6.32. The van der Waals surface area contributed by atoms with Crippen molar-refractivity contribution in [2.45, 2.75) is 32.9 Å². The van der Waals surface area contributed by atoms with Crippen molar-refractivity contribution in [3.63, 3.8) is 0 Å². The Morgan fingerprint density at radius 1 is 1.19 bits per heavy atom. The Labute approximate surface area is 140 Å². The molecule has 0 spiro atoms. The smallest absolute Gasteiger partial charge is 0.0837 e. The molecule has 6 heteroatoms. The summed E-state index contributed by atoms with van der Waals surface area (Å²) in [6.07, 6.45) is 1.67. The molecule has 1 heterocycles. The van der Waals surface area contributed by atoms with E-state index in [0.717, 1.165) is 17.8 Å². The van der Waals surface area contributed by atoms with E-state index >= 15 is 0 Å². The molecule has 0 aliphatic rings. The molecule has 0 fully saturated rings. The van der Waals surface area contributed by atoms with Gasteiger partial charge in [0.15, 0.2) is 0 Å². The Kier molecular flexibility index (Phi) is 5.55. The zero-order valence-electron chi connectivity index (χ0n) is 12.2. The number of rotatable bonds is 5. The predicted molar refractivity (Wildman–Crippen MR) is 89.6 cm³/mol. The molecule has 1 N–H and O–H groups in total. The summed E-state index contributed by atoms with van der Waals surface area (Å²) in [6, 6.07) is 5.58. The van der Waals surface area contributed by atoms with Crippen molar-refractivity contribution in [3.8, 4) is 0 Å². The van der Waals surface area contributed by atoms with Gasteiger partial charge in [0.2, 0.25) is 0 Å². The first-order valence-electron chi connectivity index (χ1n) is 6.87. The van der Waals surface area contributed by atoms with E-state index in [4.69, 9.17) is 34.8 Å². The fourth-order valence-electron chi connectivity index (χ4n) is 2.33. The van der Waals surface area contributed by atoms with Crippen LogP contribution < -0.4 is 5.32 Å². The molecular formula is C15H18Cl3N3. The zero-order chi connectivity index (χ0) is 15.6. The van der Waals surface area contributed by atoms with Crippen molar-refractivity contribution in [1.29, 1.82) is 0 Å². The maximum absolute atomic E-state index is 6.36. The van der Waals surface area contributed by atoms with Gasteiger partial charge in [-0.3, -0.25) is 4.68 Å². The topological polar surface area (TPSA) is 29.9 Å². The molecule has 2 aromatic rings. The molecule has 1 aromatic carbocycles. The van der Waals surface area contributed by atoms with E-state index < -0.39 is 0 Å². The maximum Gasteiger partial charge on any atom is 0.0837 e. The number of halogens is 3. The third kappa shape index (κ3) is 3.54. The summed E-state index contributed by atoms with van der Waals surface area (Å²) in [5.74, 6) is 0. The molecule has 3 nitrogen and oxygen atoms in total. The Hall–Kier alpha value is -0.740. The van der Waals surface area contributed by atoms with Crippen LogP contribution in [0.2, 0.25) is 15.1 Å². The maximum atomic E-state index is 6.36. The molecule has 2 rings (SSSR count). The van der Waals surface area contributed by atoms with Gasteiger partial charge >= 0.3 is 0 Å². The molecule has 0 aliphatic carbocycles. The van der Waals surface area contributed by atoms with Crippen LogP contribution in [-0.4, -0.2) is 16.3 Å². The molecule has 1 atom stereocenters. The summed E-state index contributed by atoms with van der Waals surface area (Å²) < 4.78 is 1.92. The van der Waals surface area contributed by atoms with Crippen LogP contribution in [0.25, 0.3) is 0 Å². The van der Waals surface area contributed by atoms with E-state index in [0.29, 0.717) is 15.1 Å². The average Bonchev–Trinajstić information content (AvgIpc) is 2.79. The number of hydrogen-bond acceptors (Lipinski definition) is 2. The van der Waals surface area contributed by atoms with Gasteiger partial charge in [-0.1, -0.05) is 47.8 Å². The lowest BCUT2D eigenvalue weighted by molar-refractivity contribution is 0.476. The van der Waals surface area contributed by atoms with E-state index in [1.807, 2.05) is 23.7 Å². The van der Waals surface area contributed by atoms with Gasteiger partial charge in [-0.2, -0.15) is 5.10 Å². The van der Waals surface area contributed by atoms with Crippen molar-refractivity contribution in [2.24, 2.45) is 0 Å². The molecule has 0 radical (unpaired) electrons. The molecular weight excluding hydrogens is 329 g/mol. The Bertz CT molecular complexity index is 623. The van der Waals surface area contributed by atoms with Gasteiger partial charge in [0.25, 0.3) is 0 Å². The monoisotopic (exact) mass is 345 g/mol. The van der Waals surface area contributed by atoms with Crippen molar-refractivity contribution < 1.29 is 0 Å². The number of hydrogen-bond donors (Lipinski definition) is 1. The summed E-state index contributed by atoms with van der Waals surface area (Å²) in [7, 11) is 0.